The lowest BCUT2D eigenvalue weighted by Gasteiger charge is -2.19. The number of aliphatic hydroxyl groups excluding tert-OH is 1. The first-order valence-corrected chi connectivity index (χ1v) is 9.85. The lowest BCUT2D eigenvalue weighted by molar-refractivity contribution is -0.0145. The molecule has 0 saturated carbocycles. The van der Waals surface area contributed by atoms with Gasteiger partial charge in [-0.15, -0.1) is 0 Å². The number of methoxy groups -OCH3 is 1. The van der Waals surface area contributed by atoms with E-state index in [-0.39, 0.29) is 23.6 Å². The molecular formula is C22H20N6O5. The van der Waals surface area contributed by atoms with Crippen LogP contribution in [-0.2, 0) is 6.54 Å². The fourth-order valence-corrected chi connectivity index (χ4v) is 3.23. The molecule has 2 N–H and O–H groups in total. The van der Waals surface area contributed by atoms with Gasteiger partial charge in [-0.25, -0.2) is 14.3 Å². The normalized spacial score (nSPS) is 12.8. The van der Waals surface area contributed by atoms with Gasteiger partial charge in [-0.05, 0) is 31.2 Å². The van der Waals surface area contributed by atoms with E-state index in [1.807, 2.05) is 0 Å². The Kier molecular flexibility index (Phi) is 5.78. The van der Waals surface area contributed by atoms with Gasteiger partial charge in [-0.2, -0.15) is 15.5 Å². The van der Waals surface area contributed by atoms with Gasteiger partial charge < -0.3 is 19.7 Å². The van der Waals surface area contributed by atoms with Crippen LogP contribution in [0, 0.1) is 11.3 Å². The Hall–Kier alpha value is -4.27. The first-order valence-electron chi connectivity index (χ1n) is 9.85. The summed E-state index contributed by atoms with van der Waals surface area (Å²) in [5, 5.41) is 37.5. The minimum atomic E-state index is -1.46. The number of hydrogen-bond acceptors (Lipinski definition) is 9. The zero-order valence-electron chi connectivity index (χ0n) is 17.8. The molecule has 0 radical (unpaired) electrons. The Morgan fingerprint density at radius 3 is 2.88 bits per heavy atom. The van der Waals surface area contributed by atoms with E-state index in [2.05, 4.69) is 21.3 Å². The van der Waals surface area contributed by atoms with Crippen LogP contribution in [0.1, 0.15) is 22.8 Å². The van der Waals surface area contributed by atoms with Crippen molar-refractivity contribution in [1.82, 2.24) is 24.4 Å². The van der Waals surface area contributed by atoms with E-state index < -0.39 is 18.2 Å². The number of carbonyl (C=O) groups is 1. The van der Waals surface area contributed by atoms with E-state index >= 15 is 0 Å². The number of fused-ring (bicyclic) bond motifs is 1. The summed E-state index contributed by atoms with van der Waals surface area (Å²) in [4.78, 5) is 17.1. The number of nitriles is 1. The number of ether oxygens (including phenoxy) is 2. The molecule has 0 fully saturated rings. The van der Waals surface area contributed by atoms with Crippen molar-refractivity contribution in [1.29, 1.82) is 5.26 Å². The molecule has 0 amide bonds. The molecule has 0 aliphatic heterocycles. The van der Waals surface area contributed by atoms with Gasteiger partial charge in [0.15, 0.2) is 11.4 Å². The molecule has 11 heteroatoms. The minimum Gasteiger partial charge on any atom is -0.496 e. The molecule has 0 aliphatic rings. The van der Waals surface area contributed by atoms with Gasteiger partial charge in [-0.3, -0.25) is 4.68 Å². The van der Waals surface area contributed by atoms with Crippen LogP contribution in [0.25, 0.3) is 16.9 Å². The second-order valence-corrected chi connectivity index (χ2v) is 7.56. The van der Waals surface area contributed by atoms with Crippen LogP contribution in [0.4, 0.5) is 0 Å². The second-order valence-electron chi connectivity index (χ2n) is 7.56. The van der Waals surface area contributed by atoms with Gasteiger partial charge in [0.25, 0.3) is 0 Å². The van der Waals surface area contributed by atoms with Crippen LogP contribution in [0.5, 0.6) is 11.5 Å². The molecule has 4 aromatic rings. The maximum absolute atomic E-state index is 13.0. The fraction of sp³-hybridized carbons (Fsp3) is 0.227. The largest absolute Gasteiger partial charge is 0.496 e. The average molecular weight is 448 g/mol. The Balaban J connectivity index is 1.79. The van der Waals surface area contributed by atoms with Gasteiger partial charge in [-0.1, -0.05) is 0 Å². The maximum atomic E-state index is 13.0. The molecule has 0 spiro atoms. The summed E-state index contributed by atoms with van der Waals surface area (Å²) in [6, 6.07) is 8.49. The third kappa shape index (κ3) is 4.38. The van der Waals surface area contributed by atoms with Crippen LogP contribution in [0.3, 0.4) is 0 Å². The summed E-state index contributed by atoms with van der Waals surface area (Å²) >= 11 is 0. The molecule has 33 heavy (non-hydrogen) atoms. The number of nitrogens with zero attached hydrogens (tertiary/aromatic N) is 6. The van der Waals surface area contributed by atoms with Crippen LogP contribution in [0.2, 0.25) is 0 Å². The number of carbonyl (C=O) groups excluding carboxylic acids is 1. The van der Waals surface area contributed by atoms with Gasteiger partial charge in [0, 0.05) is 18.0 Å². The monoisotopic (exact) mass is 448 g/mol. The summed E-state index contributed by atoms with van der Waals surface area (Å²) < 4.78 is 13.9. The molecule has 0 aliphatic carbocycles. The molecule has 3 aromatic heterocycles. The smallest absolute Gasteiger partial charge is 0.349 e. The van der Waals surface area contributed by atoms with Crippen molar-refractivity contribution in [2.24, 2.45) is 0 Å². The quantitative estimate of drug-likeness (QED) is 0.401. The highest BCUT2D eigenvalue weighted by atomic mass is 16.5. The topological polar surface area (TPSA) is 148 Å². The number of benzene rings is 1. The van der Waals surface area contributed by atoms with Gasteiger partial charge >= 0.3 is 5.97 Å². The number of aliphatic hydroxyl groups is 2. The number of rotatable bonds is 7. The predicted molar refractivity (Wildman–Crippen MR) is 115 cm³/mol. The molecular weight excluding hydrogens is 428 g/mol. The highest BCUT2D eigenvalue weighted by Crippen LogP contribution is 2.36. The van der Waals surface area contributed by atoms with E-state index in [1.54, 1.807) is 30.5 Å². The van der Waals surface area contributed by atoms with Crippen LogP contribution < -0.4 is 9.47 Å². The molecule has 11 nitrogen and oxygen atoms in total. The van der Waals surface area contributed by atoms with Crippen molar-refractivity contribution in [2.45, 2.75) is 19.1 Å². The predicted octanol–water partition coefficient (Wildman–Crippen LogP) is 1.44. The highest BCUT2D eigenvalue weighted by molar-refractivity contribution is 5.97. The highest BCUT2D eigenvalue weighted by Gasteiger charge is 2.26. The van der Waals surface area contributed by atoms with Gasteiger partial charge in [0.2, 0.25) is 0 Å². The minimum absolute atomic E-state index is 0.0670. The maximum Gasteiger partial charge on any atom is 0.349 e. The van der Waals surface area contributed by atoms with E-state index in [0.717, 1.165) is 0 Å². The van der Waals surface area contributed by atoms with Crippen LogP contribution >= 0.6 is 0 Å². The van der Waals surface area contributed by atoms with Crippen molar-refractivity contribution in [3.8, 4) is 28.8 Å². The van der Waals surface area contributed by atoms with Crippen molar-refractivity contribution in [3.63, 3.8) is 0 Å². The van der Waals surface area contributed by atoms with Crippen LogP contribution in [-0.4, -0.2) is 59.9 Å². The molecule has 1 atom stereocenters. The first-order chi connectivity index (χ1) is 15.8. The Morgan fingerprint density at radius 2 is 2.15 bits per heavy atom. The van der Waals surface area contributed by atoms with Crippen molar-refractivity contribution >= 4 is 11.6 Å². The van der Waals surface area contributed by atoms with Crippen LogP contribution in [0.15, 0.2) is 49.1 Å². The number of esters is 1. The molecule has 3 heterocycles. The summed E-state index contributed by atoms with van der Waals surface area (Å²) in [7, 11) is 1.47. The van der Waals surface area contributed by atoms with Crippen molar-refractivity contribution in [3.05, 3.63) is 60.2 Å². The molecule has 168 valence electrons. The zero-order valence-corrected chi connectivity index (χ0v) is 17.8. The molecule has 0 unspecified atom stereocenters. The SMILES string of the molecule is COc1ccc(C#N)cc1-c1nn(C[C@@](C)(O)CO)cc1OC(=O)c1cnn2cccnc12. The average Bonchev–Trinajstić information content (AvgIpc) is 3.42. The van der Waals surface area contributed by atoms with Gasteiger partial charge in [0.05, 0.1) is 44.3 Å². The lowest BCUT2D eigenvalue weighted by Crippen LogP contribution is -2.34. The third-order valence-corrected chi connectivity index (χ3v) is 4.86. The van der Waals surface area contributed by atoms with Gasteiger partial charge in [0.1, 0.15) is 22.6 Å². The summed E-state index contributed by atoms with van der Waals surface area (Å²) in [5.41, 5.74) is -0.00433. The molecule has 0 saturated heterocycles. The lowest BCUT2D eigenvalue weighted by atomic mass is 10.1. The van der Waals surface area contributed by atoms with Crippen molar-refractivity contribution in [2.75, 3.05) is 13.7 Å². The van der Waals surface area contributed by atoms with E-state index in [0.29, 0.717) is 22.5 Å². The third-order valence-electron chi connectivity index (χ3n) is 4.86. The summed E-state index contributed by atoms with van der Waals surface area (Å²) in [5.74, 6) is -0.241. The molecule has 1 aromatic carbocycles. The molecule has 0 bridgehead atoms. The summed E-state index contributed by atoms with van der Waals surface area (Å²) in [6.45, 7) is 0.868. The van der Waals surface area contributed by atoms with Crippen molar-refractivity contribution < 1.29 is 24.5 Å². The fourth-order valence-electron chi connectivity index (χ4n) is 3.23. The Labute approximate surface area is 188 Å². The zero-order chi connectivity index (χ0) is 23.6. The van der Waals surface area contributed by atoms with E-state index in [1.165, 1.54) is 41.8 Å². The number of hydrogen-bond donors (Lipinski definition) is 2. The number of aromatic nitrogens is 5. The Bertz CT molecular complexity index is 1370. The second kappa shape index (κ2) is 8.70. The Morgan fingerprint density at radius 1 is 1.33 bits per heavy atom. The van der Waals surface area contributed by atoms with E-state index in [4.69, 9.17) is 9.47 Å². The standard InChI is InChI=1S/C22H20N6O5/c1-22(31,13-29)12-27-11-18(19(26-27)15-8-14(9-23)4-5-17(15)32-2)33-21(30)16-10-25-28-7-3-6-24-20(16)28/h3-8,10-11,29,31H,12-13H2,1-2H3/t22-/m1/s1. The first kappa shape index (κ1) is 21.9. The van der Waals surface area contributed by atoms with E-state index in [9.17, 15) is 20.3 Å². The molecule has 4 rings (SSSR count). The summed E-state index contributed by atoms with van der Waals surface area (Å²) in [6.07, 6.45) is 5.96.